The molecule has 96 valence electrons. The summed E-state index contributed by atoms with van der Waals surface area (Å²) in [5.74, 6) is 3.48. The van der Waals surface area contributed by atoms with Gasteiger partial charge in [0.25, 0.3) is 0 Å². The van der Waals surface area contributed by atoms with Crippen molar-refractivity contribution in [3.63, 3.8) is 0 Å². The molecule has 2 aromatic carbocycles. The van der Waals surface area contributed by atoms with Gasteiger partial charge in [0.05, 0.1) is 6.61 Å². The monoisotopic (exact) mass is 250 g/mol. The molecule has 0 amide bonds. The van der Waals surface area contributed by atoms with E-state index in [1.165, 1.54) is 5.56 Å². The van der Waals surface area contributed by atoms with Gasteiger partial charge in [-0.25, -0.2) is 0 Å². The Morgan fingerprint density at radius 2 is 1.63 bits per heavy atom. The Hall–Kier alpha value is -2.20. The highest BCUT2D eigenvalue weighted by atomic mass is 16.5. The summed E-state index contributed by atoms with van der Waals surface area (Å²) in [4.78, 5) is 0. The quantitative estimate of drug-likeness (QED) is 0.554. The van der Waals surface area contributed by atoms with Gasteiger partial charge in [-0.2, -0.15) is 0 Å². The zero-order valence-electron chi connectivity index (χ0n) is 11.0. The minimum absolute atomic E-state index is 0.752. The summed E-state index contributed by atoms with van der Waals surface area (Å²) in [7, 11) is 0. The third-order valence-corrected chi connectivity index (χ3v) is 2.99. The van der Waals surface area contributed by atoms with E-state index >= 15 is 0 Å². The second-order valence-electron chi connectivity index (χ2n) is 4.46. The number of hydrogen-bond acceptors (Lipinski definition) is 1. The summed E-state index contributed by atoms with van der Waals surface area (Å²) in [5, 5.41) is 0. The van der Waals surface area contributed by atoms with Gasteiger partial charge in [-0.1, -0.05) is 36.3 Å². The van der Waals surface area contributed by atoms with Crippen molar-refractivity contribution in [1.29, 1.82) is 0 Å². The largest absolute Gasteiger partial charge is 0.494 e. The molecule has 0 N–H and O–H groups in total. The predicted octanol–water partition coefficient (Wildman–Crippen LogP) is 4.07. The molecule has 0 aliphatic carbocycles. The smallest absolute Gasteiger partial charge is 0.119 e. The van der Waals surface area contributed by atoms with Gasteiger partial charge in [0, 0.05) is 5.56 Å². The van der Waals surface area contributed by atoms with E-state index < -0.39 is 0 Å². The Labute approximate surface area is 115 Å². The lowest BCUT2D eigenvalue weighted by Gasteiger charge is -2.06. The van der Waals surface area contributed by atoms with Crippen molar-refractivity contribution >= 4 is 0 Å². The highest BCUT2D eigenvalue weighted by Crippen LogP contribution is 2.12. The fourth-order valence-electron chi connectivity index (χ4n) is 1.91. The van der Waals surface area contributed by atoms with Gasteiger partial charge in [-0.15, -0.1) is 6.42 Å². The molecule has 19 heavy (non-hydrogen) atoms. The van der Waals surface area contributed by atoms with Crippen molar-refractivity contribution in [1.82, 2.24) is 0 Å². The molecule has 1 nitrogen and oxygen atoms in total. The molecule has 0 heterocycles. The summed E-state index contributed by atoms with van der Waals surface area (Å²) < 4.78 is 5.67. The minimum Gasteiger partial charge on any atom is -0.494 e. The first-order valence-electron chi connectivity index (χ1n) is 6.62. The van der Waals surface area contributed by atoms with E-state index in [-0.39, 0.29) is 0 Å². The predicted molar refractivity (Wildman–Crippen MR) is 79.3 cm³/mol. The fourth-order valence-corrected chi connectivity index (χ4v) is 1.91. The van der Waals surface area contributed by atoms with Crippen LogP contribution in [0.1, 0.15) is 24.0 Å². The number of benzene rings is 2. The maximum atomic E-state index is 5.67. The zero-order valence-corrected chi connectivity index (χ0v) is 11.0. The van der Waals surface area contributed by atoms with E-state index in [0.717, 1.165) is 37.2 Å². The van der Waals surface area contributed by atoms with Crippen LogP contribution in [-0.2, 0) is 6.42 Å². The molecular formula is C18H18O. The third-order valence-electron chi connectivity index (χ3n) is 2.99. The summed E-state index contributed by atoms with van der Waals surface area (Å²) in [6.45, 7) is 0.752. The molecule has 0 aliphatic heterocycles. The maximum Gasteiger partial charge on any atom is 0.119 e. The Morgan fingerprint density at radius 1 is 0.895 bits per heavy atom. The molecular weight excluding hydrogens is 232 g/mol. The highest BCUT2D eigenvalue weighted by molar-refractivity contribution is 5.36. The van der Waals surface area contributed by atoms with E-state index in [1.54, 1.807) is 0 Å². The molecule has 2 rings (SSSR count). The van der Waals surface area contributed by atoms with Gasteiger partial charge in [-0.3, -0.25) is 0 Å². The molecule has 0 bridgehead atoms. The standard InChI is InChI=1S/C18H18O/c1-2-16-11-13-18(14-12-16)19-15-7-6-10-17-8-4-3-5-9-17/h1,3-5,8-9,11-14H,6-7,10,15H2. The average Bonchev–Trinajstić information content (AvgIpc) is 2.49. The van der Waals surface area contributed by atoms with Gasteiger partial charge < -0.3 is 4.74 Å². The molecule has 0 saturated heterocycles. The normalized spacial score (nSPS) is 9.84. The van der Waals surface area contributed by atoms with Gasteiger partial charge in [0.2, 0.25) is 0 Å². The van der Waals surface area contributed by atoms with Crippen molar-refractivity contribution in [2.24, 2.45) is 0 Å². The molecule has 0 aromatic heterocycles. The summed E-state index contributed by atoms with van der Waals surface area (Å²) in [6.07, 6.45) is 8.62. The molecule has 0 unspecified atom stereocenters. The molecule has 1 heteroatoms. The zero-order chi connectivity index (χ0) is 13.3. The average molecular weight is 250 g/mol. The highest BCUT2D eigenvalue weighted by Gasteiger charge is 1.95. The van der Waals surface area contributed by atoms with Crippen LogP contribution in [0.4, 0.5) is 0 Å². The second kappa shape index (κ2) is 7.28. The first kappa shape index (κ1) is 13.2. The van der Waals surface area contributed by atoms with Crippen LogP contribution in [0.5, 0.6) is 5.75 Å². The number of ether oxygens (including phenoxy) is 1. The van der Waals surface area contributed by atoms with E-state index in [9.17, 15) is 0 Å². The van der Waals surface area contributed by atoms with E-state index in [1.807, 2.05) is 30.3 Å². The van der Waals surface area contributed by atoms with Crippen molar-refractivity contribution in [3.8, 4) is 18.1 Å². The number of hydrogen-bond donors (Lipinski definition) is 0. The first-order valence-corrected chi connectivity index (χ1v) is 6.62. The third kappa shape index (κ3) is 4.52. The SMILES string of the molecule is C#Cc1ccc(OCCCCc2ccccc2)cc1. The van der Waals surface area contributed by atoms with Crippen molar-refractivity contribution in [2.45, 2.75) is 19.3 Å². The van der Waals surface area contributed by atoms with Crippen molar-refractivity contribution in [2.75, 3.05) is 6.61 Å². The molecule has 0 atom stereocenters. The van der Waals surface area contributed by atoms with Crippen molar-refractivity contribution < 1.29 is 4.74 Å². The Bertz CT molecular complexity index is 520. The van der Waals surface area contributed by atoms with Crippen LogP contribution in [-0.4, -0.2) is 6.61 Å². The minimum atomic E-state index is 0.752. The second-order valence-corrected chi connectivity index (χ2v) is 4.46. The summed E-state index contributed by atoms with van der Waals surface area (Å²) in [5.41, 5.74) is 2.28. The Kier molecular flexibility index (Phi) is 5.07. The van der Waals surface area contributed by atoms with Crippen molar-refractivity contribution in [3.05, 3.63) is 65.7 Å². The van der Waals surface area contributed by atoms with E-state index in [4.69, 9.17) is 11.2 Å². The van der Waals surface area contributed by atoms with Crippen LogP contribution < -0.4 is 4.74 Å². The van der Waals surface area contributed by atoms with E-state index in [0.29, 0.717) is 0 Å². The van der Waals surface area contributed by atoms with Gasteiger partial charge >= 0.3 is 0 Å². The lowest BCUT2D eigenvalue weighted by atomic mass is 10.1. The Morgan fingerprint density at radius 3 is 2.32 bits per heavy atom. The molecule has 0 fully saturated rings. The number of aryl methyl sites for hydroxylation is 1. The van der Waals surface area contributed by atoms with Crippen LogP contribution in [0.15, 0.2) is 54.6 Å². The van der Waals surface area contributed by atoms with Crippen LogP contribution in [0.2, 0.25) is 0 Å². The van der Waals surface area contributed by atoms with Gasteiger partial charge in [-0.05, 0) is 49.1 Å². The molecule has 0 radical (unpaired) electrons. The van der Waals surface area contributed by atoms with Crippen LogP contribution >= 0.6 is 0 Å². The molecule has 0 saturated carbocycles. The van der Waals surface area contributed by atoms with Crippen LogP contribution in [0.3, 0.4) is 0 Å². The molecule has 2 aromatic rings. The van der Waals surface area contributed by atoms with Crippen LogP contribution in [0, 0.1) is 12.3 Å². The maximum absolute atomic E-state index is 5.67. The van der Waals surface area contributed by atoms with Gasteiger partial charge in [0.1, 0.15) is 5.75 Å². The van der Waals surface area contributed by atoms with Gasteiger partial charge in [0.15, 0.2) is 0 Å². The summed E-state index contributed by atoms with van der Waals surface area (Å²) >= 11 is 0. The lowest BCUT2D eigenvalue weighted by Crippen LogP contribution is -1.98. The fraction of sp³-hybridized carbons (Fsp3) is 0.222. The van der Waals surface area contributed by atoms with E-state index in [2.05, 4.69) is 30.2 Å². The Balaban J connectivity index is 1.65. The number of terminal acetylenes is 1. The summed E-state index contributed by atoms with van der Waals surface area (Å²) in [6, 6.07) is 18.2. The van der Waals surface area contributed by atoms with Crippen LogP contribution in [0.25, 0.3) is 0 Å². The number of unbranched alkanes of at least 4 members (excludes halogenated alkanes) is 1. The molecule has 0 aliphatic rings. The lowest BCUT2D eigenvalue weighted by molar-refractivity contribution is 0.307. The first-order chi connectivity index (χ1) is 9.38. The number of rotatable bonds is 6. The topological polar surface area (TPSA) is 9.23 Å². The molecule has 0 spiro atoms.